The van der Waals surface area contributed by atoms with E-state index in [-0.39, 0.29) is 30.5 Å². The van der Waals surface area contributed by atoms with Crippen LogP contribution in [0.4, 0.5) is 4.39 Å². The van der Waals surface area contributed by atoms with Crippen LogP contribution in [0, 0.1) is 5.82 Å². The number of amides is 1. The predicted molar refractivity (Wildman–Crippen MR) is 97.5 cm³/mol. The Bertz CT molecular complexity index is 778. The molecule has 2 aromatic rings. The molecule has 0 aromatic heterocycles. The maximum atomic E-state index is 12.9. The van der Waals surface area contributed by atoms with Crippen molar-refractivity contribution >= 4 is 11.9 Å². The number of carboxylic acid groups (broad SMARTS) is 1. The summed E-state index contributed by atoms with van der Waals surface area (Å²) in [7, 11) is 1.57. The number of para-hydroxylation sites is 1. The fraction of sp³-hybridized carbons (Fsp3) is 0.300. The summed E-state index contributed by atoms with van der Waals surface area (Å²) in [6, 6.07) is 12.4. The molecule has 27 heavy (non-hydrogen) atoms. The first kappa shape index (κ1) is 20.2. The van der Waals surface area contributed by atoms with Gasteiger partial charge in [0.2, 0.25) is 12.0 Å². The van der Waals surface area contributed by atoms with Crippen LogP contribution < -0.4 is 14.8 Å². The first-order valence-corrected chi connectivity index (χ1v) is 8.45. The van der Waals surface area contributed by atoms with Gasteiger partial charge in [0.25, 0.3) is 0 Å². The molecule has 0 aliphatic heterocycles. The third-order valence-corrected chi connectivity index (χ3v) is 4.01. The standard InChI is InChI=1S/C20H22FNO5/c1-13(16-5-3-4-6-17(16)26-2)11-19(23)22-12-18(20(24)25)27-15-9-7-14(21)8-10-15/h3-10,13,18H,11-12H2,1-2H3,(H,22,23)(H,24,25). The van der Waals surface area contributed by atoms with E-state index in [4.69, 9.17) is 9.47 Å². The van der Waals surface area contributed by atoms with Crippen LogP contribution >= 0.6 is 0 Å². The number of methoxy groups -OCH3 is 1. The maximum absolute atomic E-state index is 12.9. The van der Waals surface area contributed by atoms with E-state index < -0.39 is 17.9 Å². The minimum absolute atomic E-state index is 0.109. The summed E-state index contributed by atoms with van der Waals surface area (Å²) in [6.07, 6.45) is -1.11. The molecule has 0 radical (unpaired) electrons. The Morgan fingerprint density at radius 3 is 2.44 bits per heavy atom. The molecule has 2 unspecified atom stereocenters. The van der Waals surface area contributed by atoms with Crippen LogP contribution in [-0.2, 0) is 9.59 Å². The zero-order valence-corrected chi connectivity index (χ0v) is 15.1. The molecule has 144 valence electrons. The number of aliphatic carboxylic acids is 1. The molecule has 2 aromatic carbocycles. The van der Waals surface area contributed by atoms with Gasteiger partial charge in [-0.1, -0.05) is 25.1 Å². The van der Waals surface area contributed by atoms with Crippen LogP contribution in [-0.4, -0.2) is 36.7 Å². The molecule has 0 heterocycles. The monoisotopic (exact) mass is 375 g/mol. The van der Waals surface area contributed by atoms with E-state index in [0.717, 1.165) is 5.56 Å². The van der Waals surface area contributed by atoms with Gasteiger partial charge >= 0.3 is 5.97 Å². The van der Waals surface area contributed by atoms with Crippen LogP contribution in [0.3, 0.4) is 0 Å². The lowest BCUT2D eigenvalue weighted by molar-refractivity contribution is -0.145. The summed E-state index contributed by atoms with van der Waals surface area (Å²) < 4.78 is 23.5. The van der Waals surface area contributed by atoms with Crippen molar-refractivity contribution in [3.63, 3.8) is 0 Å². The van der Waals surface area contributed by atoms with Crippen LogP contribution in [0.25, 0.3) is 0 Å². The predicted octanol–water partition coefficient (Wildman–Crippen LogP) is 2.98. The molecular weight excluding hydrogens is 353 g/mol. The van der Waals surface area contributed by atoms with Crippen LogP contribution in [0.2, 0.25) is 0 Å². The van der Waals surface area contributed by atoms with E-state index >= 15 is 0 Å². The zero-order chi connectivity index (χ0) is 19.8. The summed E-state index contributed by atoms with van der Waals surface area (Å²) >= 11 is 0. The lowest BCUT2D eigenvalue weighted by Gasteiger charge is -2.18. The summed E-state index contributed by atoms with van der Waals surface area (Å²) in [5.41, 5.74) is 0.896. The summed E-state index contributed by atoms with van der Waals surface area (Å²) in [5, 5.41) is 11.8. The maximum Gasteiger partial charge on any atom is 0.346 e. The summed E-state index contributed by atoms with van der Waals surface area (Å²) in [4.78, 5) is 23.5. The normalized spacial score (nSPS) is 12.7. The molecule has 1 amide bonds. The molecule has 0 aliphatic rings. The highest BCUT2D eigenvalue weighted by Gasteiger charge is 2.22. The molecule has 0 saturated carbocycles. The van der Waals surface area contributed by atoms with Gasteiger partial charge < -0.3 is 19.9 Å². The summed E-state index contributed by atoms with van der Waals surface area (Å²) in [5.74, 6) is -1.18. The molecule has 2 atom stereocenters. The SMILES string of the molecule is COc1ccccc1C(C)CC(=O)NCC(Oc1ccc(F)cc1)C(=O)O. The van der Waals surface area contributed by atoms with Gasteiger partial charge in [-0.25, -0.2) is 9.18 Å². The highest BCUT2D eigenvalue weighted by Crippen LogP contribution is 2.28. The van der Waals surface area contributed by atoms with Crippen molar-refractivity contribution in [2.45, 2.75) is 25.4 Å². The number of rotatable bonds is 9. The highest BCUT2D eigenvalue weighted by atomic mass is 19.1. The fourth-order valence-electron chi connectivity index (χ4n) is 2.60. The smallest absolute Gasteiger partial charge is 0.346 e. The summed E-state index contributed by atoms with van der Waals surface area (Å²) in [6.45, 7) is 1.69. The van der Waals surface area contributed by atoms with Crippen LogP contribution in [0.5, 0.6) is 11.5 Å². The molecule has 0 bridgehead atoms. The Kier molecular flexibility index (Phi) is 7.16. The average Bonchev–Trinajstić information content (AvgIpc) is 2.66. The largest absolute Gasteiger partial charge is 0.496 e. The number of hydrogen-bond donors (Lipinski definition) is 2. The number of carboxylic acids is 1. The van der Waals surface area contributed by atoms with E-state index in [0.29, 0.717) is 5.75 Å². The van der Waals surface area contributed by atoms with E-state index in [1.54, 1.807) is 7.11 Å². The lowest BCUT2D eigenvalue weighted by atomic mass is 9.96. The van der Waals surface area contributed by atoms with E-state index in [1.165, 1.54) is 24.3 Å². The van der Waals surface area contributed by atoms with Crippen molar-refractivity contribution in [1.82, 2.24) is 5.32 Å². The van der Waals surface area contributed by atoms with Crippen molar-refractivity contribution in [3.05, 3.63) is 59.9 Å². The molecule has 2 rings (SSSR count). The molecule has 6 nitrogen and oxygen atoms in total. The van der Waals surface area contributed by atoms with Crippen LogP contribution in [0.1, 0.15) is 24.8 Å². The van der Waals surface area contributed by atoms with Crippen LogP contribution in [0.15, 0.2) is 48.5 Å². The van der Waals surface area contributed by atoms with E-state index in [1.807, 2.05) is 31.2 Å². The Morgan fingerprint density at radius 1 is 1.15 bits per heavy atom. The van der Waals surface area contributed by atoms with Crippen molar-refractivity contribution in [2.24, 2.45) is 0 Å². The van der Waals surface area contributed by atoms with Gasteiger partial charge in [0.1, 0.15) is 17.3 Å². The second-order valence-electron chi connectivity index (χ2n) is 6.05. The number of carbonyl (C=O) groups excluding carboxylic acids is 1. The number of carbonyl (C=O) groups is 2. The molecular formula is C20H22FNO5. The lowest BCUT2D eigenvalue weighted by Crippen LogP contribution is -2.40. The minimum atomic E-state index is -1.28. The Balaban J connectivity index is 1.91. The third-order valence-electron chi connectivity index (χ3n) is 4.01. The van der Waals surface area contributed by atoms with Gasteiger partial charge in [0.15, 0.2) is 0 Å². The Morgan fingerprint density at radius 2 is 1.81 bits per heavy atom. The minimum Gasteiger partial charge on any atom is -0.496 e. The molecule has 7 heteroatoms. The van der Waals surface area contributed by atoms with Crippen molar-refractivity contribution < 1.29 is 28.6 Å². The van der Waals surface area contributed by atoms with Gasteiger partial charge in [-0.05, 0) is 41.8 Å². The zero-order valence-electron chi connectivity index (χ0n) is 15.1. The average molecular weight is 375 g/mol. The number of halogens is 1. The molecule has 0 aliphatic carbocycles. The fourth-order valence-corrected chi connectivity index (χ4v) is 2.60. The second-order valence-corrected chi connectivity index (χ2v) is 6.05. The van der Waals surface area contributed by atoms with Crippen molar-refractivity contribution in [2.75, 3.05) is 13.7 Å². The Labute approximate surface area is 156 Å². The molecule has 0 spiro atoms. The second kappa shape index (κ2) is 9.56. The number of benzene rings is 2. The number of nitrogens with one attached hydrogen (secondary N) is 1. The van der Waals surface area contributed by atoms with Gasteiger partial charge in [-0.2, -0.15) is 0 Å². The van der Waals surface area contributed by atoms with Crippen molar-refractivity contribution in [1.29, 1.82) is 0 Å². The van der Waals surface area contributed by atoms with Gasteiger partial charge in [0, 0.05) is 6.42 Å². The third kappa shape index (κ3) is 5.99. The topological polar surface area (TPSA) is 84.9 Å². The molecule has 2 N–H and O–H groups in total. The highest BCUT2D eigenvalue weighted by molar-refractivity contribution is 5.79. The van der Waals surface area contributed by atoms with E-state index in [9.17, 15) is 19.1 Å². The number of hydrogen-bond acceptors (Lipinski definition) is 4. The first-order valence-electron chi connectivity index (χ1n) is 8.45. The van der Waals surface area contributed by atoms with Gasteiger partial charge in [-0.15, -0.1) is 0 Å². The Hall–Kier alpha value is -3.09. The van der Waals surface area contributed by atoms with E-state index in [2.05, 4.69) is 5.32 Å². The first-order chi connectivity index (χ1) is 12.9. The quantitative estimate of drug-likeness (QED) is 0.704. The molecule has 0 fully saturated rings. The number of ether oxygens (including phenoxy) is 2. The van der Waals surface area contributed by atoms with Crippen molar-refractivity contribution in [3.8, 4) is 11.5 Å². The van der Waals surface area contributed by atoms with Gasteiger partial charge in [0.05, 0.1) is 13.7 Å². The molecule has 0 saturated heterocycles. The van der Waals surface area contributed by atoms with Gasteiger partial charge in [-0.3, -0.25) is 4.79 Å².